The lowest BCUT2D eigenvalue weighted by Crippen LogP contribution is -2.40. The standard InChI is InChI=1S/C28H38BrN5O2/c1-18(2)26(31-21-13-15-34(4)16-14-21)33-27(25-19(3)24(29)17-30-28(25)35)32-20-9-11-23(12-10-20)36-22-7-5-6-8-22/h9-12,17,21-22,31H,5-8,13-16H2,1-4H3,(H,30,35)(H,32,33). The maximum absolute atomic E-state index is 13.0. The van der Waals surface area contributed by atoms with Gasteiger partial charge in [0.05, 0.1) is 11.7 Å². The summed E-state index contributed by atoms with van der Waals surface area (Å²) in [5.74, 6) is 2.18. The SMILES string of the molecule is CC(C)=C(/N=C(/Nc1ccc(OC2CCCC2)cc1)c1c(C)c(Br)c[nH]c1=O)NC1CCN(C)CC1. The zero-order chi connectivity index (χ0) is 25.7. The molecular weight excluding hydrogens is 518 g/mol. The summed E-state index contributed by atoms with van der Waals surface area (Å²) in [7, 11) is 2.16. The molecule has 0 unspecified atom stereocenters. The fourth-order valence-electron chi connectivity index (χ4n) is 4.73. The van der Waals surface area contributed by atoms with E-state index in [0.29, 0.717) is 23.5 Å². The van der Waals surface area contributed by atoms with E-state index in [4.69, 9.17) is 9.73 Å². The van der Waals surface area contributed by atoms with Crippen molar-refractivity contribution in [3.8, 4) is 5.75 Å². The first-order chi connectivity index (χ1) is 17.3. The van der Waals surface area contributed by atoms with Crippen LogP contribution in [0.1, 0.15) is 63.5 Å². The van der Waals surface area contributed by atoms with Crippen molar-refractivity contribution >= 4 is 27.5 Å². The summed E-state index contributed by atoms with van der Waals surface area (Å²) in [6, 6.07) is 8.27. The van der Waals surface area contributed by atoms with E-state index in [1.54, 1.807) is 6.20 Å². The summed E-state index contributed by atoms with van der Waals surface area (Å²) in [4.78, 5) is 23.2. The highest BCUT2D eigenvalue weighted by Gasteiger charge is 2.20. The Morgan fingerprint density at radius 2 is 1.78 bits per heavy atom. The lowest BCUT2D eigenvalue weighted by atomic mass is 10.1. The number of hydrogen-bond acceptors (Lipinski definition) is 5. The van der Waals surface area contributed by atoms with E-state index in [-0.39, 0.29) is 5.56 Å². The molecule has 1 saturated heterocycles. The van der Waals surface area contributed by atoms with Gasteiger partial charge in [0.25, 0.3) is 5.56 Å². The van der Waals surface area contributed by atoms with Gasteiger partial charge in [-0.05, 0) is 131 Å². The van der Waals surface area contributed by atoms with Crippen LogP contribution in [0.3, 0.4) is 0 Å². The normalized spacial score (nSPS) is 17.8. The summed E-state index contributed by atoms with van der Waals surface area (Å²) < 4.78 is 6.95. The van der Waals surface area contributed by atoms with Crippen LogP contribution in [-0.4, -0.2) is 48.0 Å². The molecule has 4 rings (SSSR count). The molecule has 0 bridgehead atoms. The third kappa shape index (κ3) is 6.79. The number of anilines is 1. The first kappa shape index (κ1) is 26.5. The first-order valence-corrected chi connectivity index (χ1v) is 13.7. The number of nitrogens with one attached hydrogen (secondary N) is 3. The average Bonchev–Trinajstić information content (AvgIpc) is 3.36. The Morgan fingerprint density at radius 1 is 1.11 bits per heavy atom. The van der Waals surface area contributed by atoms with Gasteiger partial charge in [-0.15, -0.1) is 0 Å². The van der Waals surface area contributed by atoms with E-state index in [1.807, 2.05) is 45.0 Å². The van der Waals surface area contributed by atoms with Crippen LogP contribution in [-0.2, 0) is 0 Å². The number of rotatable bonds is 7. The van der Waals surface area contributed by atoms with Crippen molar-refractivity contribution in [2.24, 2.45) is 4.99 Å². The number of halogens is 1. The number of pyridine rings is 1. The van der Waals surface area contributed by atoms with Crippen LogP contribution in [0.25, 0.3) is 0 Å². The molecule has 1 aromatic carbocycles. The molecule has 0 atom stereocenters. The minimum atomic E-state index is -0.185. The maximum atomic E-state index is 13.0. The molecule has 1 aromatic heterocycles. The first-order valence-electron chi connectivity index (χ1n) is 12.9. The summed E-state index contributed by atoms with van der Waals surface area (Å²) in [5, 5.41) is 7.07. The Balaban J connectivity index is 1.63. The lowest BCUT2D eigenvalue weighted by Gasteiger charge is -2.30. The molecule has 0 radical (unpaired) electrons. The van der Waals surface area contributed by atoms with E-state index in [9.17, 15) is 4.79 Å². The third-order valence-corrected chi connectivity index (χ3v) is 7.83. The maximum Gasteiger partial charge on any atom is 0.259 e. The summed E-state index contributed by atoms with van der Waals surface area (Å²) >= 11 is 3.56. The molecule has 2 fully saturated rings. The molecule has 194 valence electrons. The van der Waals surface area contributed by atoms with Gasteiger partial charge in [0, 0.05) is 22.4 Å². The average molecular weight is 557 g/mol. The number of likely N-dealkylation sites (tertiary alicyclic amines) is 1. The Morgan fingerprint density at radius 3 is 2.42 bits per heavy atom. The molecule has 8 heteroatoms. The predicted molar refractivity (Wildman–Crippen MR) is 151 cm³/mol. The van der Waals surface area contributed by atoms with E-state index in [2.05, 4.69) is 43.5 Å². The monoisotopic (exact) mass is 555 g/mol. The minimum absolute atomic E-state index is 0.185. The van der Waals surface area contributed by atoms with Crippen molar-refractivity contribution in [1.82, 2.24) is 15.2 Å². The Hall–Kier alpha value is -2.58. The highest BCUT2D eigenvalue weighted by Crippen LogP contribution is 2.26. The smallest absolute Gasteiger partial charge is 0.259 e. The summed E-state index contributed by atoms with van der Waals surface area (Å²) in [6.45, 7) is 8.14. The number of H-pyrrole nitrogens is 1. The Bertz CT molecular complexity index is 1150. The fourth-order valence-corrected chi connectivity index (χ4v) is 5.04. The van der Waals surface area contributed by atoms with Gasteiger partial charge in [0.1, 0.15) is 17.4 Å². The number of benzene rings is 1. The van der Waals surface area contributed by atoms with Crippen LogP contribution < -0.4 is 20.9 Å². The number of hydrogen-bond donors (Lipinski definition) is 3. The molecule has 36 heavy (non-hydrogen) atoms. The van der Waals surface area contributed by atoms with Crippen molar-refractivity contribution < 1.29 is 4.74 Å². The van der Waals surface area contributed by atoms with Crippen LogP contribution in [0.15, 0.2) is 56.1 Å². The molecule has 0 spiro atoms. The number of nitrogens with zero attached hydrogens (tertiary/aromatic N) is 2. The molecule has 2 aromatic rings. The largest absolute Gasteiger partial charge is 0.490 e. The molecule has 0 amide bonds. The second kappa shape index (κ2) is 12.1. The van der Waals surface area contributed by atoms with Crippen molar-refractivity contribution in [3.63, 3.8) is 0 Å². The predicted octanol–water partition coefficient (Wildman–Crippen LogP) is 5.56. The molecular formula is C28H38BrN5O2. The molecule has 1 aliphatic carbocycles. The van der Waals surface area contributed by atoms with E-state index in [0.717, 1.165) is 71.6 Å². The molecule has 1 aliphatic heterocycles. The van der Waals surface area contributed by atoms with Gasteiger partial charge in [0.15, 0.2) is 0 Å². The molecule has 2 aliphatic rings. The van der Waals surface area contributed by atoms with E-state index in [1.165, 1.54) is 12.8 Å². The van der Waals surface area contributed by atoms with Gasteiger partial charge in [-0.25, -0.2) is 4.99 Å². The second-order valence-electron chi connectivity index (χ2n) is 10.2. The Kier molecular flexibility index (Phi) is 8.90. The highest BCUT2D eigenvalue weighted by molar-refractivity contribution is 9.10. The van der Waals surface area contributed by atoms with Crippen LogP contribution in [0.4, 0.5) is 5.69 Å². The van der Waals surface area contributed by atoms with E-state index < -0.39 is 0 Å². The van der Waals surface area contributed by atoms with Crippen molar-refractivity contribution in [2.45, 2.75) is 71.4 Å². The van der Waals surface area contributed by atoms with Gasteiger partial charge in [-0.1, -0.05) is 0 Å². The number of allylic oxidation sites excluding steroid dienone is 1. The van der Waals surface area contributed by atoms with Gasteiger partial charge in [-0.2, -0.15) is 0 Å². The summed E-state index contributed by atoms with van der Waals surface area (Å²) in [6.07, 6.45) is 8.83. The van der Waals surface area contributed by atoms with Gasteiger partial charge in [-0.3, -0.25) is 4.79 Å². The van der Waals surface area contributed by atoms with Crippen LogP contribution in [0.2, 0.25) is 0 Å². The Labute approximate surface area is 222 Å². The number of piperidine rings is 1. The number of aromatic nitrogens is 1. The van der Waals surface area contributed by atoms with Gasteiger partial charge >= 0.3 is 0 Å². The fraction of sp³-hybridized carbons (Fsp3) is 0.500. The second-order valence-corrected chi connectivity index (χ2v) is 11.0. The number of amidine groups is 1. The van der Waals surface area contributed by atoms with Crippen molar-refractivity contribution in [2.75, 3.05) is 25.5 Å². The van der Waals surface area contributed by atoms with Crippen LogP contribution in [0, 0.1) is 6.92 Å². The number of aliphatic imine (C=N–C) groups is 1. The van der Waals surface area contributed by atoms with Crippen molar-refractivity contribution in [1.29, 1.82) is 0 Å². The van der Waals surface area contributed by atoms with Gasteiger partial charge in [0.2, 0.25) is 0 Å². The van der Waals surface area contributed by atoms with Crippen LogP contribution >= 0.6 is 15.9 Å². The lowest BCUT2D eigenvalue weighted by molar-refractivity contribution is 0.210. The number of ether oxygens (including phenoxy) is 1. The van der Waals surface area contributed by atoms with E-state index >= 15 is 0 Å². The van der Waals surface area contributed by atoms with Gasteiger partial charge < -0.3 is 25.3 Å². The summed E-state index contributed by atoms with van der Waals surface area (Å²) in [5.41, 5.74) is 3.07. The zero-order valence-electron chi connectivity index (χ0n) is 21.8. The molecule has 7 nitrogen and oxygen atoms in total. The third-order valence-electron chi connectivity index (χ3n) is 7.01. The number of aromatic amines is 1. The van der Waals surface area contributed by atoms with Crippen LogP contribution in [0.5, 0.6) is 5.75 Å². The minimum Gasteiger partial charge on any atom is -0.490 e. The molecule has 1 saturated carbocycles. The highest BCUT2D eigenvalue weighted by atomic mass is 79.9. The molecule has 3 N–H and O–H groups in total. The zero-order valence-corrected chi connectivity index (χ0v) is 23.4. The quantitative estimate of drug-likeness (QED) is 0.307. The molecule has 2 heterocycles. The topological polar surface area (TPSA) is 81.8 Å². The van der Waals surface area contributed by atoms with Crippen molar-refractivity contribution in [3.05, 3.63) is 67.8 Å².